The molecule has 0 bridgehead atoms. The summed E-state index contributed by atoms with van der Waals surface area (Å²) in [6.07, 6.45) is 0. The minimum Gasteiger partial charge on any atom is -0.465 e. The molecule has 0 saturated carbocycles. The highest BCUT2D eigenvalue weighted by atomic mass is 16.5. The van der Waals surface area contributed by atoms with Crippen LogP contribution in [0.1, 0.15) is 10.4 Å². The Kier molecular flexibility index (Phi) is 3.68. The highest BCUT2D eigenvalue weighted by Crippen LogP contribution is 2.15. The van der Waals surface area contributed by atoms with E-state index in [1.54, 1.807) is 24.3 Å². The molecular weight excluding hydrogens is 196 g/mol. The summed E-state index contributed by atoms with van der Waals surface area (Å²) in [5.74, 6) is -0.947. The summed E-state index contributed by atoms with van der Waals surface area (Å²) in [5, 5.41) is 2.75. The van der Waals surface area contributed by atoms with Gasteiger partial charge in [-0.1, -0.05) is 12.1 Å². The zero-order valence-corrected chi connectivity index (χ0v) is 8.32. The standard InChI is InChI=1S/C10H12N2O3/c1-15-10(14)7-4-2-3-5-8(7)12-6-9(11)13/h2-5,12H,6H2,1H3,(H2,11,13). The SMILES string of the molecule is COC(=O)c1ccccc1NCC(N)=O. The van der Waals surface area contributed by atoms with Crippen LogP contribution in [0.3, 0.4) is 0 Å². The number of nitrogens with two attached hydrogens (primary N) is 1. The topological polar surface area (TPSA) is 81.4 Å². The average molecular weight is 208 g/mol. The number of carbonyl (C=O) groups excluding carboxylic acids is 2. The quantitative estimate of drug-likeness (QED) is 0.700. The number of esters is 1. The van der Waals surface area contributed by atoms with Gasteiger partial charge in [-0.3, -0.25) is 4.79 Å². The van der Waals surface area contributed by atoms with E-state index in [1.165, 1.54) is 7.11 Å². The van der Waals surface area contributed by atoms with Crippen LogP contribution >= 0.6 is 0 Å². The van der Waals surface area contributed by atoms with Gasteiger partial charge >= 0.3 is 5.97 Å². The second kappa shape index (κ2) is 4.99. The van der Waals surface area contributed by atoms with Gasteiger partial charge in [-0.2, -0.15) is 0 Å². The fourth-order valence-corrected chi connectivity index (χ4v) is 1.11. The molecule has 1 rings (SSSR count). The monoisotopic (exact) mass is 208 g/mol. The van der Waals surface area contributed by atoms with E-state index in [4.69, 9.17) is 5.73 Å². The van der Waals surface area contributed by atoms with Gasteiger partial charge in [0.05, 0.1) is 19.2 Å². The molecule has 0 aliphatic carbocycles. The molecular formula is C10H12N2O3. The maximum Gasteiger partial charge on any atom is 0.339 e. The van der Waals surface area contributed by atoms with Crippen molar-refractivity contribution in [3.05, 3.63) is 29.8 Å². The van der Waals surface area contributed by atoms with Crippen LogP contribution in [0.2, 0.25) is 0 Å². The van der Waals surface area contributed by atoms with Gasteiger partial charge in [0, 0.05) is 5.69 Å². The maximum absolute atomic E-state index is 11.3. The van der Waals surface area contributed by atoms with E-state index in [2.05, 4.69) is 10.1 Å². The number of para-hydroxylation sites is 1. The fraction of sp³-hybridized carbons (Fsp3) is 0.200. The van der Waals surface area contributed by atoms with Crippen LogP contribution in [-0.2, 0) is 9.53 Å². The lowest BCUT2D eigenvalue weighted by Crippen LogP contribution is -2.22. The first-order chi connectivity index (χ1) is 7.15. The van der Waals surface area contributed by atoms with E-state index >= 15 is 0 Å². The minimum atomic E-state index is -0.491. The summed E-state index contributed by atoms with van der Waals surface area (Å²) in [5.41, 5.74) is 5.89. The molecule has 0 saturated heterocycles. The van der Waals surface area contributed by atoms with Crippen molar-refractivity contribution in [2.75, 3.05) is 19.0 Å². The summed E-state index contributed by atoms with van der Waals surface area (Å²) < 4.78 is 4.59. The smallest absolute Gasteiger partial charge is 0.339 e. The lowest BCUT2D eigenvalue weighted by molar-refractivity contribution is -0.116. The number of carbonyl (C=O) groups is 2. The maximum atomic E-state index is 11.3. The Morgan fingerprint density at radius 3 is 2.67 bits per heavy atom. The largest absolute Gasteiger partial charge is 0.465 e. The lowest BCUT2D eigenvalue weighted by Gasteiger charge is -2.08. The van der Waals surface area contributed by atoms with Crippen LogP contribution in [0, 0.1) is 0 Å². The molecule has 80 valence electrons. The zero-order valence-electron chi connectivity index (χ0n) is 8.32. The fourth-order valence-electron chi connectivity index (χ4n) is 1.11. The van der Waals surface area contributed by atoms with Gasteiger partial charge in [-0.05, 0) is 12.1 Å². The van der Waals surface area contributed by atoms with E-state index in [1.807, 2.05) is 0 Å². The van der Waals surface area contributed by atoms with Crippen molar-refractivity contribution in [2.24, 2.45) is 5.73 Å². The molecule has 5 heteroatoms. The Bertz CT molecular complexity index is 377. The van der Waals surface area contributed by atoms with E-state index in [9.17, 15) is 9.59 Å². The van der Waals surface area contributed by atoms with E-state index in [0.29, 0.717) is 11.3 Å². The van der Waals surface area contributed by atoms with Gasteiger partial charge < -0.3 is 15.8 Å². The molecule has 5 nitrogen and oxygen atoms in total. The van der Waals surface area contributed by atoms with Crippen LogP contribution in [-0.4, -0.2) is 25.5 Å². The molecule has 0 unspecified atom stereocenters. The summed E-state index contributed by atoms with van der Waals surface area (Å²) in [7, 11) is 1.30. The second-order valence-electron chi connectivity index (χ2n) is 2.86. The van der Waals surface area contributed by atoms with Gasteiger partial charge in [0.2, 0.25) is 5.91 Å². The third-order valence-electron chi connectivity index (χ3n) is 1.79. The second-order valence-corrected chi connectivity index (χ2v) is 2.86. The Labute approximate surface area is 87.2 Å². The van der Waals surface area contributed by atoms with E-state index < -0.39 is 11.9 Å². The molecule has 0 heterocycles. The van der Waals surface area contributed by atoms with Crippen LogP contribution in [0.5, 0.6) is 0 Å². The van der Waals surface area contributed by atoms with Crippen LogP contribution in [0.25, 0.3) is 0 Å². The first-order valence-electron chi connectivity index (χ1n) is 4.34. The lowest BCUT2D eigenvalue weighted by atomic mass is 10.2. The van der Waals surface area contributed by atoms with Crippen LogP contribution < -0.4 is 11.1 Å². The Morgan fingerprint density at radius 1 is 1.40 bits per heavy atom. The molecule has 3 N–H and O–H groups in total. The molecule has 0 fully saturated rings. The predicted octanol–water partition coefficient (Wildman–Crippen LogP) is 0.370. The summed E-state index contributed by atoms with van der Waals surface area (Å²) >= 11 is 0. The molecule has 0 aliphatic rings. The van der Waals surface area contributed by atoms with Crippen molar-refractivity contribution in [3.63, 3.8) is 0 Å². The number of rotatable bonds is 4. The number of methoxy groups -OCH3 is 1. The van der Waals surface area contributed by atoms with Crippen molar-refractivity contribution < 1.29 is 14.3 Å². The van der Waals surface area contributed by atoms with Gasteiger partial charge in [0.25, 0.3) is 0 Å². The van der Waals surface area contributed by atoms with Crippen molar-refractivity contribution in [1.29, 1.82) is 0 Å². The van der Waals surface area contributed by atoms with Gasteiger partial charge in [-0.15, -0.1) is 0 Å². The summed E-state index contributed by atoms with van der Waals surface area (Å²) in [6, 6.07) is 6.74. The molecule has 1 aromatic carbocycles. The van der Waals surface area contributed by atoms with E-state index in [0.717, 1.165) is 0 Å². The Morgan fingerprint density at radius 2 is 2.07 bits per heavy atom. The number of anilines is 1. The molecule has 0 aliphatic heterocycles. The number of hydrogen-bond acceptors (Lipinski definition) is 4. The number of primary amides is 1. The Hall–Kier alpha value is -2.04. The minimum absolute atomic E-state index is 0.0198. The van der Waals surface area contributed by atoms with Gasteiger partial charge in [0.15, 0.2) is 0 Å². The molecule has 0 radical (unpaired) electrons. The zero-order chi connectivity index (χ0) is 11.3. The number of benzene rings is 1. The molecule has 1 amide bonds. The highest BCUT2D eigenvalue weighted by molar-refractivity contribution is 5.96. The molecule has 0 atom stereocenters. The van der Waals surface area contributed by atoms with Crippen molar-refractivity contribution in [1.82, 2.24) is 0 Å². The summed E-state index contributed by atoms with van der Waals surface area (Å²) in [4.78, 5) is 21.9. The van der Waals surface area contributed by atoms with Gasteiger partial charge in [-0.25, -0.2) is 4.79 Å². The number of hydrogen-bond donors (Lipinski definition) is 2. The average Bonchev–Trinajstić information content (AvgIpc) is 2.25. The molecule has 0 aromatic heterocycles. The predicted molar refractivity (Wildman–Crippen MR) is 55.5 cm³/mol. The third kappa shape index (κ3) is 2.98. The molecule has 0 spiro atoms. The number of ether oxygens (including phenoxy) is 1. The van der Waals surface area contributed by atoms with Gasteiger partial charge in [0.1, 0.15) is 0 Å². The molecule has 1 aromatic rings. The van der Waals surface area contributed by atoms with Crippen molar-refractivity contribution in [2.45, 2.75) is 0 Å². The highest BCUT2D eigenvalue weighted by Gasteiger charge is 2.10. The number of nitrogens with one attached hydrogen (secondary N) is 1. The molecule has 15 heavy (non-hydrogen) atoms. The normalized spacial score (nSPS) is 9.40. The van der Waals surface area contributed by atoms with Crippen LogP contribution in [0.15, 0.2) is 24.3 Å². The number of amides is 1. The van der Waals surface area contributed by atoms with Crippen molar-refractivity contribution >= 4 is 17.6 Å². The summed E-state index contributed by atoms with van der Waals surface area (Å²) in [6.45, 7) is -0.0198. The van der Waals surface area contributed by atoms with E-state index in [-0.39, 0.29) is 6.54 Å². The first kappa shape index (κ1) is 11.0. The third-order valence-corrected chi connectivity index (χ3v) is 1.79. The Balaban J connectivity index is 2.86. The van der Waals surface area contributed by atoms with Crippen molar-refractivity contribution in [3.8, 4) is 0 Å². The van der Waals surface area contributed by atoms with Crippen LogP contribution in [0.4, 0.5) is 5.69 Å². The first-order valence-corrected chi connectivity index (χ1v) is 4.34.